The lowest BCUT2D eigenvalue weighted by molar-refractivity contribution is 0.800. The van der Waals surface area contributed by atoms with E-state index >= 15 is 0 Å². The molecule has 2 aliphatic rings. The van der Waals surface area contributed by atoms with Gasteiger partial charge in [-0.2, -0.15) is 5.26 Å². The molecule has 0 radical (unpaired) electrons. The van der Waals surface area contributed by atoms with Crippen LogP contribution < -0.4 is 5.73 Å². The maximum absolute atomic E-state index is 8.98. The second-order valence-electron chi connectivity index (χ2n) is 3.51. The third kappa shape index (κ3) is 2.10. The normalized spacial score (nSPS) is 34.6. The number of halogens is 1. The summed E-state index contributed by atoms with van der Waals surface area (Å²) in [6.07, 6.45) is 6.81. The Balaban J connectivity index is 2.15. The highest BCUT2D eigenvalue weighted by molar-refractivity contribution is 7.99. The minimum absolute atomic E-state index is 0.0336. The Morgan fingerprint density at radius 2 is 2.47 bits per heavy atom. The summed E-state index contributed by atoms with van der Waals surface area (Å²) < 4.78 is 4.03. The summed E-state index contributed by atoms with van der Waals surface area (Å²) in [6.45, 7) is 0. The molecule has 3 nitrogen and oxygen atoms in total. The summed E-state index contributed by atoms with van der Waals surface area (Å²) in [5, 5.41) is 9.42. The highest BCUT2D eigenvalue weighted by Crippen LogP contribution is 2.37. The molecule has 78 valence electrons. The minimum Gasteiger partial charge on any atom is -0.324 e. The third-order valence-electron chi connectivity index (χ3n) is 2.44. The first kappa shape index (κ1) is 10.7. The van der Waals surface area contributed by atoms with Crippen LogP contribution in [-0.2, 0) is 0 Å². The first-order chi connectivity index (χ1) is 7.22. The van der Waals surface area contributed by atoms with Gasteiger partial charge in [-0.05, 0) is 23.9 Å². The molecule has 0 saturated carbocycles. The summed E-state index contributed by atoms with van der Waals surface area (Å²) in [4.78, 5) is 0. The van der Waals surface area contributed by atoms with Gasteiger partial charge in [-0.15, -0.1) is 0 Å². The van der Waals surface area contributed by atoms with Gasteiger partial charge in [-0.25, -0.2) is 4.40 Å². The predicted octanol–water partition coefficient (Wildman–Crippen LogP) is 2.01. The van der Waals surface area contributed by atoms with Crippen molar-refractivity contribution in [2.45, 2.75) is 17.7 Å². The van der Waals surface area contributed by atoms with Gasteiger partial charge in [0.1, 0.15) is 11.1 Å². The van der Waals surface area contributed by atoms with Gasteiger partial charge in [0, 0.05) is 6.04 Å². The van der Waals surface area contributed by atoms with Crippen molar-refractivity contribution in [3.05, 3.63) is 23.8 Å². The number of hydrogen-bond acceptors (Lipinski definition) is 4. The Bertz CT molecular complexity index is 394. The summed E-state index contributed by atoms with van der Waals surface area (Å²) in [5.41, 5.74) is 6.84. The fourth-order valence-electron chi connectivity index (χ4n) is 1.59. The van der Waals surface area contributed by atoms with Crippen LogP contribution in [0.15, 0.2) is 28.2 Å². The lowest BCUT2D eigenvalue weighted by Gasteiger charge is -2.17. The van der Waals surface area contributed by atoms with E-state index in [9.17, 15) is 0 Å². The van der Waals surface area contributed by atoms with E-state index in [4.69, 9.17) is 22.6 Å². The van der Waals surface area contributed by atoms with Gasteiger partial charge in [0.05, 0.1) is 11.3 Å². The summed E-state index contributed by atoms with van der Waals surface area (Å²) in [6, 6.07) is 2.28. The van der Waals surface area contributed by atoms with Crippen molar-refractivity contribution in [1.29, 1.82) is 5.26 Å². The van der Waals surface area contributed by atoms with Crippen molar-refractivity contribution in [2.75, 3.05) is 0 Å². The van der Waals surface area contributed by atoms with Gasteiger partial charge in [0.25, 0.3) is 0 Å². The molecule has 0 aromatic heterocycles. The number of nitrogens with zero attached hydrogens (tertiary/aromatic N) is 2. The van der Waals surface area contributed by atoms with Crippen LogP contribution in [0.1, 0.15) is 6.42 Å². The van der Waals surface area contributed by atoms with Crippen molar-refractivity contribution in [1.82, 2.24) is 0 Å². The Labute approximate surface area is 97.8 Å². The van der Waals surface area contributed by atoms with E-state index in [1.165, 1.54) is 11.9 Å². The van der Waals surface area contributed by atoms with E-state index in [1.807, 2.05) is 12.2 Å². The zero-order valence-corrected chi connectivity index (χ0v) is 9.50. The smallest absolute Gasteiger partial charge is 0.133 e. The van der Waals surface area contributed by atoms with Gasteiger partial charge in [-0.3, -0.25) is 0 Å². The van der Waals surface area contributed by atoms with Crippen molar-refractivity contribution in [2.24, 2.45) is 16.0 Å². The maximum atomic E-state index is 8.98. The second-order valence-corrected chi connectivity index (χ2v) is 4.80. The quantitative estimate of drug-likeness (QED) is 0.712. The van der Waals surface area contributed by atoms with Gasteiger partial charge < -0.3 is 5.73 Å². The van der Waals surface area contributed by atoms with Crippen LogP contribution in [0.25, 0.3) is 0 Å². The molecule has 1 heterocycles. The van der Waals surface area contributed by atoms with Gasteiger partial charge in [-0.1, -0.05) is 29.8 Å². The monoisotopic (exact) mass is 239 g/mol. The molecule has 0 aromatic carbocycles. The van der Waals surface area contributed by atoms with Crippen LogP contribution >= 0.6 is 23.5 Å². The Kier molecular flexibility index (Phi) is 3.15. The van der Waals surface area contributed by atoms with Gasteiger partial charge in [0.15, 0.2) is 0 Å². The van der Waals surface area contributed by atoms with Crippen molar-refractivity contribution >= 4 is 28.7 Å². The molecule has 0 amide bonds. The van der Waals surface area contributed by atoms with Crippen molar-refractivity contribution in [3.8, 4) is 6.07 Å². The number of nitrogens with two attached hydrogens (primary N) is 1. The predicted molar refractivity (Wildman–Crippen MR) is 63.6 cm³/mol. The van der Waals surface area contributed by atoms with Crippen molar-refractivity contribution in [3.63, 3.8) is 0 Å². The zero-order chi connectivity index (χ0) is 10.8. The number of rotatable bonds is 1. The molecule has 3 unspecified atom stereocenters. The van der Waals surface area contributed by atoms with E-state index in [-0.39, 0.29) is 17.2 Å². The maximum Gasteiger partial charge on any atom is 0.133 e. The Morgan fingerprint density at radius 1 is 1.67 bits per heavy atom. The van der Waals surface area contributed by atoms with Crippen LogP contribution in [0.4, 0.5) is 0 Å². The van der Waals surface area contributed by atoms with Gasteiger partial charge >= 0.3 is 0 Å². The molecule has 15 heavy (non-hydrogen) atoms. The molecular weight excluding hydrogens is 230 g/mol. The summed E-state index contributed by atoms with van der Waals surface area (Å²) in [7, 11) is 0. The molecule has 3 atom stereocenters. The number of allylic oxidation sites excluding steroid dienone is 1. The molecule has 0 aromatic rings. The fourth-order valence-corrected chi connectivity index (χ4v) is 2.89. The SMILES string of the molecule is N#CC1C(Cl)=NSC1C1=CCC(N)C=C1. The molecule has 1 aliphatic carbocycles. The van der Waals surface area contributed by atoms with E-state index in [0.29, 0.717) is 5.17 Å². The topological polar surface area (TPSA) is 62.2 Å². The van der Waals surface area contributed by atoms with E-state index < -0.39 is 0 Å². The molecule has 0 bridgehead atoms. The van der Waals surface area contributed by atoms with Crippen LogP contribution in [-0.4, -0.2) is 16.5 Å². The first-order valence-corrected chi connectivity index (χ1v) is 5.86. The average molecular weight is 240 g/mol. The standard InChI is InChI=1S/C10H10ClN3S/c11-10-8(5-12)9(15-14-10)6-1-3-7(13)4-2-6/h1-3,7-9H,4,13H2. The highest BCUT2D eigenvalue weighted by atomic mass is 35.5. The van der Waals surface area contributed by atoms with Crippen LogP contribution in [0.2, 0.25) is 0 Å². The lowest BCUT2D eigenvalue weighted by Crippen LogP contribution is -2.22. The average Bonchev–Trinajstić information content (AvgIpc) is 2.61. The van der Waals surface area contributed by atoms with Crippen LogP contribution in [0.5, 0.6) is 0 Å². The van der Waals surface area contributed by atoms with E-state index in [0.717, 1.165) is 12.0 Å². The van der Waals surface area contributed by atoms with Crippen molar-refractivity contribution < 1.29 is 0 Å². The number of nitriles is 1. The Morgan fingerprint density at radius 3 is 3.07 bits per heavy atom. The molecule has 0 saturated heterocycles. The highest BCUT2D eigenvalue weighted by Gasteiger charge is 2.34. The zero-order valence-electron chi connectivity index (χ0n) is 7.93. The van der Waals surface area contributed by atoms with Crippen LogP contribution in [0.3, 0.4) is 0 Å². The molecule has 0 fully saturated rings. The summed E-state index contributed by atoms with van der Waals surface area (Å²) >= 11 is 7.22. The molecular formula is C10H10ClN3S. The lowest BCUT2D eigenvalue weighted by atomic mass is 9.95. The molecule has 2 rings (SSSR count). The van der Waals surface area contributed by atoms with E-state index in [1.54, 1.807) is 0 Å². The van der Waals surface area contributed by atoms with Crippen LogP contribution in [0, 0.1) is 17.2 Å². The first-order valence-electron chi connectivity index (χ1n) is 4.65. The number of hydrogen-bond donors (Lipinski definition) is 1. The summed E-state index contributed by atoms with van der Waals surface area (Å²) in [5.74, 6) is -0.318. The largest absolute Gasteiger partial charge is 0.324 e. The molecule has 5 heteroatoms. The second kappa shape index (κ2) is 4.40. The molecule has 0 spiro atoms. The Hall–Kier alpha value is -0.760. The third-order valence-corrected chi connectivity index (χ3v) is 3.94. The van der Waals surface area contributed by atoms with E-state index in [2.05, 4.69) is 16.5 Å². The minimum atomic E-state index is -0.318. The molecule has 1 aliphatic heterocycles. The fraction of sp³-hybridized carbons (Fsp3) is 0.400. The van der Waals surface area contributed by atoms with Gasteiger partial charge in [0.2, 0.25) is 0 Å². The molecule has 2 N–H and O–H groups in total.